The van der Waals surface area contributed by atoms with Crippen molar-refractivity contribution in [3.8, 4) is 0 Å². The second kappa shape index (κ2) is 6.18. The third-order valence-corrected chi connectivity index (χ3v) is 3.03. The van der Waals surface area contributed by atoms with Gasteiger partial charge in [0.2, 0.25) is 5.95 Å². The molecular weight excluding hydrogens is 363 g/mol. The fraction of sp³-hybridized carbons (Fsp3) is 0.154. The lowest BCUT2D eigenvalue weighted by Crippen LogP contribution is -2.17. The number of anilines is 2. The SMILES string of the molecule is Cc1c(F)c(F)c(F)c(F)c1Nc1ncc(C(=O)O)c(C(F)(F)F)n1. The normalized spacial score (nSPS) is 11.5. The summed E-state index contributed by atoms with van der Waals surface area (Å²) in [4.78, 5) is 16.9. The highest BCUT2D eigenvalue weighted by Crippen LogP contribution is 2.33. The van der Waals surface area contributed by atoms with Gasteiger partial charge in [0, 0.05) is 11.8 Å². The van der Waals surface area contributed by atoms with Crippen molar-refractivity contribution in [2.24, 2.45) is 0 Å². The van der Waals surface area contributed by atoms with Crippen LogP contribution in [0, 0.1) is 30.2 Å². The number of nitrogens with zero attached hydrogens (tertiary/aromatic N) is 2. The van der Waals surface area contributed by atoms with Crippen LogP contribution in [0.25, 0.3) is 0 Å². The average molecular weight is 369 g/mol. The number of aromatic nitrogens is 2. The van der Waals surface area contributed by atoms with Crippen LogP contribution in [0.2, 0.25) is 0 Å². The summed E-state index contributed by atoms with van der Waals surface area (Å²) in [7, 11) is 0. The van der Waals surface area contributed by atoms with E-state index in [9.17, 15) is 35.5 Å². The zero-order valence-corrected chi connectivity index (χ0v) is 12.0. The number of carboxylic acid groups (broad SMARTS) is 1. The highest BCUT2D eigenvalue weighted by molar-refractivity contribution is 5.88. The zero-order valence-electron chi connectivity index (χ0n) is 12.0. The summed E-state index contributed by atoms with van der Waals surface area (Å²) in [6, 6.07) is 0. The Morgan fingerprint density at radius 1 is 1.08 bits per heavy atom. The predicted molar refractivity (Wildman–Crippen MR) is 68.3 cm³/mol. The Kier molecular flexibility index (Phi) is 4.55. The lowest BCUT2D eigenvalue weighted by molar-refractivity contribution is -0.141. The smallest absolute Gasteiger partial charge is 0.434 e. The van der Waals surface area contributed by atoms with Crippen LogP contribution in [0.15, 0.2) is 6.20 Å². The van der Waals surface area contributed by atoms with Crippen molar-refractivity contribution in [1.82, 2.24) is 9.97 Å². The van der Waals surface area contributed by atoms with Crippen LogP contribution in [0.3, 0.4) is 0 Å². The van der Waals surface area contributed by atoms with Gasteiger partial charge >= 0.3 is 12.1 Å². The highest BCUT2D eigenvalue weighted by Gasteiger charge is 2.38. The first-order valence-corrected chi connectivity index (χ1v) is 6.22. The molecule has 0 saturated heterocycles. The monoisotopic (exact) mass is 369 g/mol. The molecule has 1 heterocycles. The second-order valence-corrected chi connectivity index (χ2v) is 4.64. The summed E-state index contributed by atoms with van der Waals surface area (Å²) in [5, 5.41) is 10.5. The van der Waals surface area contributed by atoms with Crippen LogP contribution in [0.1, 0.15) is 21.6 Å². The summed E-state index contributed by atoms with van der Waals surface area (Å²) < 4.78 is 92.0. The Bertz CT molecular complexity index is 839. The third-order valence-electron chi connectivity index (χ3n) is 3.03. The summed E-state index contributed by atoms with van der Waals surface area (Å²) in [6.07, 6.45) is -4.91. The molecule has 2 rings (SSSR count). The molecule has 0 aliphatic carbocycles. The number of halogens is 7. The maximum Gasteiger partial charge on any atom is 0.434 e. The molecule has 0 saturated carbocycles. The van der Waals surface area contributed by atoms with E-state index in [0.29, 0.717) is 0 Å². The Labute approximate surface area is 134 Å². The molecule has 0 fully saturated rings. The van der Waals surface area contributed by atoms with E-state index in [4.69, 9.17) is 5.11 Å². The van der Waals surface area contributed by atoms with Crippen molar-refractivity contribution in [2.45, 2.75) is 13.1 Å². The van der Waals surface area contributed by atoms with Crippen LogP contribution in [-0.2, 0) is 6.18 Å². The number of aromatic carboxylic acids is 1. The molecule has 134 valence electrons. The first kappa shape index (κ1) is 18.4. The third kappa shape index (κ3) is 3.32. The molecule has 12 heteroatoms. The summed E-state index contributed by atoms with van der Waals surface area (Å²) >= 11 is 0. The predicted octanol–water partition coefficient (Wildman–Crippen LogP) is 3.80. The van der Waals surface area contributed by atoms with Crippen LogP contribution >= 0.6 is 0 Å². The summed E-state index contributed by atoms with van der Waals surface area (Å²) in [5.74, 6) is -10.9. The number of nitrogens with one attached hydrogen (secondary N) is 1. The van der Waals surface area contributed by atoms with E-state index in [2.05, 4.69) is 9.97 Å². The number of alkyl halides is 3. The molecule has 0 unspecified atom stereocenters. The summed E-state index contributed by atoms with van der Waals surface area (Å²) in [6.45, 7) is 0.833. The van der Waals surface area contributed by atoms with Gasteiger partial charge in [-0.15, -0.1) is 0 Å². The van der Waals surface area contributed by atoms with E-state index in [-0.39, 0.29) is 6.20 Å². The molecule has 0 aliphatic heterocycles. The quantitative estimate of drug-likeness (QED) is 0.489. The molecule has 0 bridgehead atoms. The number of benzene rings is 1. The minimum absolute atomic E-state index is 0.282. The molecule has 2 N–H and O–H groups in total. The van der Waals surface area contributed by atoms with E-state index in [0.717, 1.165) is 6.92 Å². The maximum atomic E-state index is 13.7. The van der Waals surface area contributed by atoms with Crippen molar-refractivity contribution in [2.75, 3.05) is 5.32 Å². The zero-order chi connectivity index (χ0) is 19.1. The van der Waals surface area contributed by atoms with E-state index in [1.807, 2.05) is 0 Å². The fourth-order valence-electron chi connectivity index (χ4n) is 1.82. The largest absolute Gasteiger partial charge is 0.478 e. The van der Waals surface area contributed by atoms with Gasteiger partial charge < -0.3 is 10.4 Å². The van der Waals surface area contributed by atoms with Crippen LogP contribution < -0.4 is 5.32 Å². The van der Waals surface area contributed by atoms with Crippen LogP contribution in [-0.4, -0.2) is 21.0 Å². The van der Waals surface area contributed by atoms with Gasteiger partial charge in [0.15, 0.2) is 29.0 Å². The van der Waals surface area contributed by atoms with Gasteiger partial charge in [0.1, 0.15) is 5.56 Å². The van der Waals surface area contributed by atoms with Crippen molar-refractivity contribution in [3.63, 3.8) is 0 Å². The Morgan fingerprint density at radius 3 is 2.16 bits per heavy atom. The molecule has 2 aromatic rings. The minimum atomic E-state index is -5.19. The second-order valence-electron chi connectivity index (χ2n) is 4.64. The Morgan fingerprint density at radius 2 is 1.64 bits per heavy atom. The molecule has 1 aromatic heterocycles. The van der Waals surface area contributed by atoms with Gasteiger partial charge in [-0.1, -0.05) is 0 Å². The lowest BCUT2D eigenvalue weighted by atomic mass is 10.1. The van der Waals surface area contributed by atoms with Crippen LogP contribution in [0.5, 0.6) is 0 Å². The van der Waals surface area contributed by atoms with E-state index in [1.54, 1.807) is 5.32 Å². The number of carboxylic acids is 1. The average Bonchev–Trinajstić information content (AvgIpc) is 2.54. The highest BCUT2D eigenvalue weighted by atomic mass is 19.4. The summed E-state index contributed by atoms with van der Waals surface area (Å²) in [5.41, 5.74) is -4.96. The Hall–Kier alpha value is -2.92. The van der Waals surface area contributed by atoms with Crippen molar-refractivity contribution in [1.29, 1.82) is 0 Å². The topological polar surface area (TPSA) is 75.1 Å². The molecule has 0 spiro atoms. The van der Waals surface area contributed by atoms with Gasteiger partial charge in [-0.05, 0) is 6.92 Å². The molecule has 0 amide bonds. The number of carbonyl (C=O) groups is 1. The first-order chi connectivity index (χ1) is 11.4. The van der Waals surface area contributed by atoms with Gasteiger partial charge in [-0.3, -0.25) is 0 Å². The molecule has 0 atom stereocenters. The number of hydrogen-bond acceptors (Lipinski definition) is 4. The molecule has 0 aliphatic rings. The lowest BCUT2D eigenvalue weighted by Gasteiger charge is -2.14. The maximum absolute atomic E-state index is 13.7. The first-order valence-electron chi connectivity index (χ1n) is 6.22. The molecule has 1 aromatic carbocycles. The molecule has 5 nitrogen and oxygen atoms in total. The fourth-order valence-corrected chi connectivity index (χ4v) is 1.82. The number of rotatable bonds is 3. The van der Waals surface area contributed by atoms with E-state index in [1.165, 1.54) is 0 Å². The van der Waals surface area contributed by atoms with Gasteiger partial charge in [0.05, 0.1) is 5.69 Å². The van der Waals surface area contributed by atoms with Gasteiger partial charge in [-0.2, -0.15) is 13.2 Å². The standard InChI is InChI=1S/C13H6F7N3O2/c1-3-5(14)6(15)7(16)8(17)9(3)22-12-21-2-4(11(24)25)10(23-12)13(18,19)20/h2H,1H3,(H,24,25)(H,21,22,23). The van der Waals surface area contributed by atoms with Gasteiger partial charge in [0.25, 0.3) is 0 Å². The molecule has 0 radical (unpaired) electrons. The van der Waals surface area contributed by atoms with Crippen LogP contribution in [0.4, 0.5) is 42.4 Å². The van der Waals surface area contributed by atoms with Crippen molar-refractivity contribution >= 4 is 17.6 Å². The number of hydrogen-bond donors (Lipinski definition) is 2. The molecule has 25 heavy (non-hydrogen) atoms. The van der Waals surface area contributed by atoms with Crippen molar-refractivity contribution in [3.05, 3.63) is 46.3 Å². The Balaban J connectivity index is 2.58. The van der Waals surface area contributed by atoms with E-state index < -0.39 is 63.9 Å². The van der Waals surface area contributed by atoms with E-state index >= 15 is 0 Å². The van der Waals surface area contributed by atoms with Crippen molar-refractivity contribution < 1.29 is 40.6 Å². The minimum Gasteiger partial charge on any atom is -0.478 e. The van der Waals surface area contributed by atoms with Gasteiger partial charge in [-0.25, -0.2) is 32.3 Å². The molecular formula is C13H6F7N3O2.